The lowest BCUT2D eigenvalue weighted by molar-refractivity contribution is 0.124. The Balaban J connectivity index is 1.24. The fourth-order valence-corrected chi connectivity index (χ4v) is 4.66. The minimum atomic E-state index is 0.349. The second-order valence-electron chi connectivity index (χ2n) is 8.15. The van der Waals surface area contributed by atoms with Crippen LogP contribution in [0.3, 0.4) is 0 Å². The van der Waals surface area contributed by atoms with Crippen molar-refractivity contribution in [1.82, 2.24) is 10.2 Å². The van der Waals surface area contributed by atoms with Crippen LogP contribution in [0.5, 0.6) is 0 Å². The van der Waals surface area contributed by atoms with E-state index in [1.165, 1.54) is 76.6 Å². The summed E-state index contributed by atoms with van der Waals surface area (Å²) in [7, 11) is 0. The van der Waals surface area contributed by atoms with Gasteiger partial charge in [-0.25, -0.2) is 0 Å². The van der Waals surface area contributed by atoms with Crippen LogP contribution in [0.4, 0.5) is 0 Å². The Morgan fingerprint density at radius 2 is 1.76 bits per heavy atom. The zero-order valence-corrected chi connectivity index (χ0v) is 15.7. The summed E-state index contributed by atoms with van der Waals surface area (Å²) in [5.41, 5.74) is 1.45. The lowest BCUT2D eigenvalue weighted by atomic mass is 9.81. The van der Waals surface area contributed by atoms with E-state index in [4.69, 9.17) is 0 Å². The Morgan fingerprint density at radius 1 is 1.00 bits per heavy atom. The average Bonchev–Trinajstić information content (AvgIpc) is 3.11. The topological polar surface area (TPSA) is 35.5 Å². The lowest BCUT2D eigenvalue weighted by Gasteiger charge is -2.33. The highest BCUT2D eigenvalue weighted by molar-refractivity contribution is 5.14. The van der Waals surface area contributed by atoms with Crippen LogP contribution in [0.1, 0.15) is 50.5 Å². The molecule has 1 aliphatic heterocycles. The van der Waals surface area contributed by atoms with E-state index in [9.17, 15) is 5.11 Å². The maximum absolute atomic E-state index is 9.47. The van der Waals surface area contributed by atoms with Crippen molar-refractivity contribution >= 4 is 0 Å². The molecule has 2 fully saturated rings. The van der Waals surface area contributed by atoms with E-state index in [2.05, 4.69) is 40.5 Å². The molecule has 0 bridgehead atoms. The molecule has 25 heavy (non-hydrogen) atoms. The summed E-state index contributed by atoms with van der Waals surface area (Å²) in [6, 6.07) is 11.2. The maximum Gasteiger partial charge on any atom is 0.0586 e. The van der Waals surface area contributed by atoms with Gasteiger partial charge in [0.1, 0.15) is 0 Å². The number of aryl methyl sites for hydroxylation is 1. The molecule has 1 unspecified atom stereocenters. The van der Waals surface area contributed by atoms with Crippen molar-refractivity contribution < 1.29 is 5.11 Å². The van der Waals surface area contributed by atoms with Gasteiger partial charge in [-0.15, -0.1) is 0 Å². The molecule has 1 aliphatic carbocycles. The highest BCUT2D eigenvalue weighted by Gasteiger charge is 2.28. The molecule has 1 aromatic carbocycles. The normalized spacial score (nSPS) is 27.6. The summed E-state index contributed by atoms with van der Waals surface area (Å²) < 4.78 is 0. The standard InChI is InChI=1S/C22H36N2O/c25-18-22-9-5-15-24(22)17-21-12-10-20(11-13-21)16-23-14-4-8-19-6-2-1-3-7-19/h1-3,6-7,20-23,25H,4-5,8-18H2. The molecule has 3 heteroatoms. The van der Waals surface area contributed by atoms with Gasteiger partial charge in [0.2, 0.25) is 0 Å². The van der Waals surface area contributed by atoms with Crippen molar-refractivity contribution in [2.24, 2.45) is 11.8 Å². The lowest BCUT2D eigenvalue weighted by Crippen LogP contribution is -2.38. The van der Waals surface area contributed by atoms with Crippen LogP contribution >= 0.6 is 0 Å². The molecule has 0 spiro atoms. The molecular weight excluding hydrogens is 308 g/mol. The summed E-state index contributed by atoms with van der Waals surface area (Å²) in [5.74, 6) is 1.74. The molecule has 3 rings (SSSR count). The Hall–Kier alpha value is -0.900. The van der Waals surface area contributed by atoms with Gasteiger partial charge < -0.3 is 10.4 Å². The molecule has 1 atom stereocenters. The first-order chi connectivity index (χ1) is 12.3. The molecule has 2 N–H and O–H groups in total. The van der Waals surface area contributed by atoms with E-state index in [1.807, 2.05) is 0 Å². The summed E-state index contributed by atoms with van der Waals surface area (Å²) in [5, 5.41) is 13.2. The van der Waals surface area contributed by atoms with Gasteiger partial charge in [-0.05, 0) is 88.4 Å². The minimum Gasteiger partial charge on any atom is -0.395 e. The van der Waals surface area contributed by atoms with Gasteiger partial charge in [0, 0.05) is 12.6 Å². The zero-order valence-electron chi connectivity index (χ0n) is 15.7. The summed E-state index contributed by atoms with van der Waals surface area (Å²) in [6.45, 7) is 5.12. The van der Waals surface area contributed by atoms with Crippen LogP contribution in [-0.2, 0) is 6.42 Å². The first kappa shape index (κ1) is 18.9. The molecule has 1 heterocycles. The predicted octanol–water partition coefficient (Wildman–Crippen LogP) is 3.47. The van der Waals surface area contributed by atoms with Crippen molar-refractivity contribution in [2.75, 3.05) is 32.8 Å². The number of benzene rings is 1. The number of hydrogen-bond donors (Lipinski definition) is 2. The smallest absolute Gasteiger partial charge is 0.0586 e. The number of rotatable bonds is 9. The average molecular weight is 345 g/mol. The molecular formula is C22H36N2O. The largest absolute Gasteiger partial charge is 0.395 e. The Kier molecular flexibility index (Phi) is 7.78. The van der Waals surface area contributed by atoms with Gasteiger partial charge in [-0.2, -0.15) is 0 Å². The number of nitrogens with zero attached hydrogens (tertiary/aromatic N) is 1. The molecule has 3 nitrogen and oxygen atoms in total. The number of aliphatic hydroxyl groups excluding tert-OH is 1. The van der Waals surface area contributed by atoms with Gasteiger partial charge >= 0.3 is 0 Å². The first-order valence-corrected chi connectivity index (χ1v) is 10.4. The van der Waals surface area contributed by atoms with Crippen molar-refractivity contribution in [3.63, 3.8) is 0 Å². The molecule has 140 valence electrons. The third-order valence-electron chi connectivity index (χ3n) is 6.26. The van der Waals surface area contributed by atoms with Gasteiger partial charge in [0.25, 0.3) is 0 Å². The third-order valence-corrected chi connectivity index (χ3v) is 6.26. The fraction of sp³-hybridized carbons (Fsp3) is 0.727. The molecule has 1 aromatic rings. The fourth-order valence-electron chi connectivity index (χ4n) is 4.66. The Bertz CT molecular complexity index is 470. The molecule has 0 amide bonds. The van der Waals surface area contributed by atoms with Gasteiger partial charge in [0.05, 0.1) is 6.61 Å². The van der Waals surface area contributed by atoms with E-state index in [1.54, 1.807) is 0 Å². The number of nitrogens with one attached hydrogen (secondary N) is 1. The van der Waals surface area contributed by atoms with Gasteiger partial charge in [-0.1, -0.05) is 30.3 Å². The first-order valence-electron chi connectivity index (χ1n) is 10.4. The van der Waals surface area contributed by atoms with E-state index in [-0.39, 0.29) is 0 Å². The van der Waals surface area contributed by atoms with Crippen LogP contribution in [0.15, 0.2) is 30.3 Å². The van der Waals surface area contributed by atoms with Crippen LogP contribution in [0, 0.1) is 11.8 Å². The summed E-state index contributed by atoms with van der Waals surface area (Å²) in [4.78, 5) is 2.55. The van der Waals surface area contributed by atoms with E-state index in [0.29, 0.717) is 12.6 Å². The van der Waals surface area contributed by atoms with Crippen LogP contribution in [-0.4, -0.2) is 48.8 Å². The maximum atomic E-state index is 9.47. The molecule has 0 aromatic heterocycles. The van der Waals surface area contributed by atoms with Crippen molar-refractivity contribution in [3.05, 3.63) is 35.9 Å². The summed E-state index contributed by atoms with van der Waals surface area (Å²) >= 11 is 0. The molecule has 1 saturated heterocycles. The highest BCUT2D eigenvalue weighted by atomic mass is 16.3. The zero-order chi connectivity index (χ0) is 17.3. The third kappa shape index (κ3) is 6.09. The Morgan fingerprint density at radius 3 is 2.52 bits per heavy atom. The van der Waals surface area contributed by atoms with Crippen LogP contribution in [0.25, 0.3) is 0 Å². The predicted molar refractivity (Wildman–Crippen MR) is 105 cm³/mol. The van der Waals surface area contributed by atoms with E-state index >= 15 is 0 Å². The minimum absolute atomic E-state index is 0.349. The number of hydrogen-bond acceptors (Lipinski definition) is 3. The monoisotopic (exact) mass is 344 g/mol. The second kappa shape index (κ2) is 10.3. The van der Waals surface area contributed by atoms with Gasteiger partial charge in [-0.3, -0.25) is 4.90 Å². The number of aliphatic hydroxyl groups is 1. The molecule has 2 aliphatic rings. The van der Waals surface area contributed by atoms with Crippen molar-refractivity contribution in [1.29, 1.82) is 0 Å². The quantitative estimate of drug-likeness (QED) is 0.673. The number of likely N-dealkylation sites (tertiary alicyclic amines) is 1. The van der Waals surface area contributed by atoms with Crippen molar-refractivity contribution in [2.45, 2.75) is 57.4 Å². The molecule has 0 radical (unpaired) electrons. The van der Waals surface area contributed by atoms with Crippen molar-refractivity contribution in [3.8, 4) is 0 Å². The SMILES string of the molecule is OCC1CCCN1CC1CCC(CNCCCc2ccccc2)CC1. The summed E-state index contributed by atoms with van der Waals surface area (Å²) in [6.07, 6.45) is 10.4. The van der Waals surface area contributed by atoms with E-state index < -0.39 is 0 Å². The van der Waals surface area contributed by atoms with Crippen LogP contribution in [0.2, 0.25) is 0 Å². The van der Waals surface area contributed by atoms with Crippen LogP contribution < -0.4 is 5.32 Å². The van der Waals surface area contributed by atoms with Gasteiger partial charge in [0.15, 0.2) is 0 Å². The Labute approximate surface area is 153 Å². The highest BCUT2D eigenvalue weighted by Crippen LogP contribution is 2.30. The second-order valence-corrected chi connectivity index (χ2v) is 8.15. The van der Waals surface area contributed by atoms with E-state index in [0.717, 1.165) is 18.4 Å². The molecule has 1 saturated carbocycles.